The van der Waals surface area contributed by atoms with Gasteiger partial charge in [-0.05, 0) is 71.4 Å². The highest BCUT2D eigenvalue weighted by molar-refractivity contribution is 6.96. The molecule has 4 aromatic carbocycles. The van der Waals surface area contributed by atoms with Crippen LogP contribution in [0, 0.1) is 0 Å². The molecule has 0 atom stereocenters. The molecule has 160 valence electrons. The van der Waals surface area contributed by atoms with Crippen LogP contribution in [0.4, 0.5) is 28.4 Å². The van der Waals surface area contributed by atoms with Gasteiger partial charge in [0, 0.05) is 34.1 Å². The maximum absolute atomic E-state index is 2.44. The van der Waals surface area contributed by atoms with Crippen molar-refractivity contribution in [3.8, 4) is 0 Å². The average molecular weight is 434 g/mol. The fourth-order valence-electron chi connectivity index (χ4n) is 5.71. The van der Waals surface area contributed by atoms with Crippen molar-refractivity contribution in [1.29, 1.82) is 0 Å². The van der Waals surface area contributed by atoms with Crippen LogP contribution in [0.2, 0.25) is 0 Å². The van der Waals surface area contributed by atoms with Gasteiger partial charge in [0.05, 0.1) is 0 Å². The quantitative estimate of drug-likeness (QED) is 0.331. The number of nitrogens with zero attached hydrogens (tertiary/aromatic N) is 2. The summed E-state index contributed by atoms with van der Waals surface area (Å²) in [5.41, 5.74) is 11.5. The highest BCUT2D eigenvalue weighted by atomic mass is 15.2. The average Bonchev–Trinajstić information content (AvgIpc) is 3.15. The smallest absolute Gasteiger partial charge is 0.251 e. The molecule has 3 heteroatoms. The molecule has 0 amide bonds. The van der Waals surface area contributed by atoms with Crippen molar-refractivity contribution in [2.45, 2.75) is 6.42 Å². The fraction of sp³-hybridized carbons (Fsp3) is 0.0323. The molecule has 0 bridgehead atoms. The van der Waals surface area contributed by atoms with Crippen LogP contribution in [0.25, 0.3) is 0 Å². The number of anilines is 5. The molecule has 0 unspecified atom stereocenters. The van der Waals surface area contributed by atoms with E-state index in [-0.39, 0.29) is 6.71 Å². The highest BCUT2D eigenvalue weighted by Crippen LogP contribution is 2.45. The van der Waals surface area contributed by atoms with E-state index < -0.39 is 0 Å². The van der Waals surface area contributed by atoms with Crippen LogP contribution < -0.4 is 20.7 Å². The number of benzene rings is 4. The molecule has 0 aromatic heterocycles. The van der Waals surface area contributed by atoms with E-state index in [1.807, 2.05) is 0 Å². The molecule has 0 saturated heterocycles. The Morgan fingerprint density at radius 3 is 1.97 bits per heavy atom. The van der Waals surface area contributed by atoms with Crippen LogP contribution >= 0.6 is 0 Å². The van der Waals surface area contributed by atoms with E-state index in [1.54, 1.807) is 0 Å². The zero-order valence-corrected chi connectivity index (χ0v) is 18.8. The van der Waals surface area contributed by atoms with Crippen molar-refractivity contribution in [1.82, 2.24) is 0 Å². The van der Waals surface area contributed by atoms with Gasteiger partial charge in [0.1, 0.15) is 0 Å². The van der Waals surface area contributed by atoms with Crippen molar-refractivity contribution in [3.63, 3.8) is 0 Å². The minimum atomic E-state index is 0.202. The molecular weight excluding hydrogens is 411 g/mol. The minimum absolute atomic E-state index is 0.202. The van der Waals surface area contributed by atoms with Crippen LogP contribution in [0.3, 0.4) is 0 Å². The lowest BCUT2D eigenvalue weighted by molar-refractivity contribution is 1.17. The van der Waals surface area contributed by atoms with Crippen molar-refractivity contribution in [2.75, 3.05) is 9.80 Å². The van der Waals surface area contributed by atoms with Crippen molar-refractivity contribution in [2.24, 2.45) is 0 Å². The van der Waals surface area contributed by atoms with Gasteiger partial charge >= 0.3 is 0 Å². The van der Waals surface area contributed by atoms with Gasteiger partial charge in [-0.1, -0.05) is 78.9 Å². The maximum Gasteiger partial charge on any atom is 0.251 e. The maximum atomic E-state index is 2.44. The van der Waals surface area contributed by atoms with E-state index in [4.69, 9.17) is 0 Å². The Hall–Kier alpha value is -4.24. The third kappa shape index (κ3) is 2.77. The van der Waals surface area contributed by atoms with Crippen LogP contribution in [0.5, 0.6) is 0 Å². The number of fused-ring (bicyclic) bond motifs is 4. The summed E-state index contributed by atoms with van der Waals surface area (Å²) in [7, 11) is 0. The third-order valence-electron chi connectivity index (χ3n) is 7.06. The Morgan fingerprint density at radius 1 is 0.588 bits per heavy atom. The molecule has 3 aliphatic rings. The lowest BCUT2D eigenvalue weighted by Gasteiger charge is -2.45. The van der Waals surface area contributed by atoms with Crippen molar-refractivity contribution < 1.29 is 0 Å². The Balaban J connectivity index is 1.58. The minimum Gasteiger partial charge on any atom is -0.311 e. The highest BCUT2D eigenvalue weighted by Gasteiger charge is 2.44. The largest absolute Gasteiger partial charge is 0.311 e. The molecular formula is C31H23BN2. The molecule has 0 spiro atoms. The summed E-state index contributed by atoms with van der Waals surface area (Å²) in [5, 5.41) is 0. The second kappa shape index (κ2) is 7.67. The predicted molar refractivity (Wildman–Crippen MR) is 145 cm³/mol. The summed E-state index contributed by atoms with van der Waals surface area (Å²) < 4.78 is 0. The number of hydrogen-bond donors (Lipinski definition) is 0. The Morgan fingerprint density at radius 2 is 1.21 bits per heavy atom. The van der Waals surface area contributed by atoms with Gasteiger partial charge in [0.2, 0.25) is 0 Å². The first-order valence-corrected chi connectivity index (χ1v) is 11.9. The normalized spacial score (nSPS) is 15.6. The van der Waals surface area contributed by atoms with Crippen molar-refractivity contribution in [3.05, 3.63) is 139 Å². The van der Waals surface area contributed by atoms with E-state index in [0.29, 0.717) is 0 Å². The second-order valence-corrected chi connectivity index (χ2v) is 8.92. The van der Waals surface area contributed by atoms with E-state index in [9.17, 15) is 0 Å². The van der Waals surface area contributed by atoms with E-state index in [2.05, 4.69) is 137 Å². The molecule has 0 radical (unpaired) electrons. The van der Waals surface area contributed by atoms with Gasteiger partial charge < -0.3 is 9.80 Å². The second-order valence-electron chi connectivity index (χ2n) is 8.92. The van der Waals surface area contributed by atoms with Gasteiger partial charge in [-0.2, -0.15) is 0 Å². The molecule has 2 nitrogen and oxygen atoms in total. The van der Waals surface area contributed by atoms with Crippen LogP contribution in [0.1, 0.15) is 6.42 Å². The number of rotatable bonds is 2. The first kappa shape index (κ1) is 19.3. The predicted octanol–water partition coefficient (Wildman–Crippen LogP) is 6.54. The molecule has 2 heterocycles. The van der Waals surface area contributed by atoms with Crippen LogP contribution in [0.15, 0.2) is 139 Å². The monoisotopic (exact) mass is 434 g/mol. The first-order chi connectivity index (χ1) is 16.9. The van der Waals surface area contributed by atoms with E-state index in [0.717, 1.165) is 6.42 Å². The zero-order chi connectivity index (χ0) is 22.5. The molecule has 0 N–H and O–H groups in total. The van der Waals surface area contributed by atoms with Crippen LogP contribution in [-0.2, 0) is 0 Å². The molecule has 7 rings (SSSR count). The summed E-state index contributed by atoms with van der Waals surface area (Å²) >= 11 is 0. The third-order valence-corrected chi connectivity index (χ3v) is 7.06. The Kier molecular flexibility index (Phi) is 4.34. The molecule has 4 aromatic rings. The molecule has 2 aliphatic heterocycles. The molecule has 1 aliphatic carbocycles. The number of allylic oxidation sites excluding steroid dienone is 5. The Labute approximate surface area is 200 Å². The fourth-order valence-corrected chi connectivity index (χ4v) is 5.71. The Bertz CT molecular complexity index is 1480. The lowest BCUT2D eigenvalue weighted by atomic mass is 9.32. The van der Waals surface area contributed by atoms with Gasteiger partial charge in [-0.3, -0.25) is 0 Å². The SMILES string of the molecule is C1=CCC=C2B3c4ccccc4N(c4ccccc4)c4cccc(c43)N(c3ccccc3)C2=C1. The van der Waals surface area contributed by atoms with Gasteiger partial charge in [0.25, 0.3) is 6.71 Å². The van der Waals surface area contributed by atoms with Gasteiger partial charge in [-0.25, -0.2) is 0 Å². The molecule has 34 heavy (non-hydrogen) atoms. The topological polar surface area (TPSA) is 6.48 Å². The number of para-hydroxylation sites is 3. The summed E-state index contributed by atoms with van der Waals surface area (Å²) in [6.45, 7) is 0.202. The summed E-state index contributed by atoms with van der Waals surface area (Å²) in [6, 6.07) is 37.1. The van der Waals surface area contributed by atoms with Gasteiger partial charge in [-0.15, -0.1) is 0 Å². The standard InChI is InChI=1S/C31H23BN2/c1-4-13-23(14-5-1)33-27-19-9-3-8-17-25(27)32-26-18-10-11-20-28(26)34(24-15-6-2-7-16-24)30-22-12-21-29(33)31(30)32/h1-7,9-22H,8H2. The van der Waals surface area contributed by atoms with Crippen molar-refractivity contribution >= 4 is 46.1 Å². The lowest BCUT2D eigenvalue weighted by Crippen LogP contribution is -2.56. The summed E-state index contributed by atoms with van der Waals surface area (Å²) in [4.78, 5) is 4.87. The van der Waals surface area contributed by atoms with E-state index >= 15 is 0 Å². The summed E-state index contributed by atoms with van der Waals surface area (Å²) in [6.07, 6.45) is 10.1. The van der Waals surface area contributed by atoms with Gasteiger partial charge in [0.15, 0.2) is 0 Å². The zero-order valence-electron chi connectivity index (χ0n) is 18.8. The molecule has 0 saturated carbocycles. The molecule has 0 fully saturated rings. The number of hydrogen-bond acceptors (Lipinski definition) is 2. The van der Waals surface area contributed by atoms with Crippen LogP contribution in [-0.4, -0.2) is 6.71 Å². The summed E-state index contributed by atoms with van der Waals surface area (Å²) in [5.74, 6) is 0. The first-order valence-electron chi connectivity index (χ1n) is 11.9. The van der Waals surface area contributed by atoms with E-state index in [1.165, 1.54) is 50.5 Å².